The fourth-order valence-electron chi connectivity index (χ4n) is 1.30. The highest BCUT2D eigenvalue weighted by atomic mass is 16.2. The number of nitrogens with two attached hydrogens (primary N) is 1. The zero-order valence-corrected chi connectivity index (χ0v) is 9.77. The van der Waals surface area contributed by atoms with Crippen LogP contribution in [0.25, 0.3) is 0 Å². The molecule has 1 aromatic carbocycles. The summed E-state index contributed by atoms with van der Waals surface area (Å²) in [4.78, 5) is 33.6. The van der Waals surface area contributed by atoms with E-state index in [4.69, 9.17) is 5.73 Å². The van der Waals surface area contributed by atoms with E-state index in [0.717, 1.165) is 0 Å². The van der Waals surface area contributed by atoms with Crippen molar-refractivity contribution in [2.24, 2.45) is 5.73 Å². The molecule has 5 N–H and O–H groups in total. The number of amides is 5. The first-order valence-electron chi connectivity index (χ1n) is 5.18. The van der Waals surface area contributed by atoms with E-state index in [1.807, 2.05) is 5.32 Å². The molecule has 1 unspecified atom stereocenters. The molecule has 0 spiro atoms. The lowest BCUT2D eigenvalue weighted by Crippen LogP contribution is -2.47. The molecule has 7 heteroatoms. The third kappa shape index (κ3) is 3.78. The van der Waals surface area contributed by atoms with Gasteiger partial charge in [-0.3, -0.25) is 10.1 Å². The van der Waals surface area contributed by atoms with Crippen LogP contribution < -0.4 is 21.7 Å². The van der Waals surface area contributed by atoms with Crippen LogP contribution in [0, 0.1) is 0 Å². The van der Waals surface area contributed by atoms with Crippen molar-refractivity contribution in [1.82, 2.24) is 16.0 Å². The van der Waals surface area contributed by atoms with Crippen LogP contribution in [-0.4, -0.2) is 25.0 Å². The monoisotopic (exact) mass is 250 g/mol. The Morgan fingerprint density at radius 1 is 1.11 bits per heavy atom. The van der Waals surface area contributed by atoms with Crippen molar-refractivity contribution >= 4 is 18.0 Å². The van der Waals surface area contributed by atoms with Gasteiger partial charge in [-0.15, -0.1) is 0 Å². The molecule has 0 saturated heterocycles. The summed E-state index contributed by atoms with van der Waals surface area (Å²) in [6.45, 7) is 0. The maximum Gasteiger partial charge on any atom is 0.323 e. The van der Waals surface area contributed by atoms with E-state index in [1.54, 1.807) is 30.3 Å². The minimum Gasteiger partial charge on any atom is -0.368 e. The number of primary amides is 1. The second kappa shape index (κ2) is 6.24. The summed E-state index contributed by atoms with van der Waals surface area (Å²) in [5.41, 5.74) is 5.74. The molecule has 0 radical (unpaired) electrons. The number of rotatable bonds is 3. The summed E-state index contributed by atoms with van der Waals surface area (Å²) in [5.74, 6) is -0.715. The van der Waals surface area contributed by atoms with E-state index in [-0.39, 0.29) is 0 Å². The van der Waals surface area contributed by atoms with Gasteiger partial charge in [-0.05, 0) is 5.56 Å². The van der Waals surface area contributed by atoms with Gasteiger partial charge in [-0.2, -0.15) is 0 Å². The largest absolute Gasteiger partial charge is 0.368 e. The predicted molar refractivity (Wildman–Crippen MR) is 64.5 cm³/mol. The Morgan fingerprint density at radius 3 is 2.22 bits per heavy atom. The summed E-state index contributed by atoms with van der Waals surface area (Å²) in [5, 5.41) is 6.50. The Kier molecular flexibility index (Phi) is 4.67. The van der Waals surface area contributed by atoms with Gasteiger partial charge in [0.1, 0.15) is 6.04 Å². The third-order valence-electron chi connectivity index (χ3n) is 2.15. The van der Waals surface area contributed by atoms with Gasteiger partial charge in [-0.25, -0.2) is 9.59 Å². The number of imide groups is 1. The number of benzene rings is 1. The van der Waals surface area contributed by atoms with Gasteiger partial charge in [0.2, 0.25) is 5.91 Å². The first kappa shape index (κ1) is 13.5. The standard InChI is InChI=1S/C11H14N4O3/c1-13-10(17)15-11(18)14-8(9(12)16)7-5-3-2-4-6-7/h2-6,8H,1H3,(H2,12,16)(H3,13,14,15,17,18). The summed E-state index contributed by atoms with van der Waals surface area (Å²) in [6.07, 6.45) is 0. The predicted octanol–water partition coefficient (Wildman–Crippen LogP) is -0.148. The van der Waals surface area contributed by atoms with E-state index in [9.17, 15) is 14.4 Å². The molecule has 0 aliphatic rings. The normalized spacial score (nSPS) is 11.2. The van der Waals surface area contributed by atoms with Crippen molar-refractivity contribution in [2.45, 2.75) is 6.04 Å². The highest BCUT2D eigenvalue weighted by Crippen LogP contribution is 2.11. The van der Waals surface area contributed by atoms with E-state index < -0.39 is 24.0 Å². The summed E-state index contributed by atoms with van der Waals surface area (Å²) in [7, 11) is 1.37. The molecule has 0 bridgehead atoms. The van der Waals surface area contributed by atoms with Crippen LogP contribution in [0.3, 0.4) is 0 Å². The molecule has 0 aromatic heterocycles. The van der Waals surface area contributed by atoms with E-state index in [2.05, 4.69) is 10.6 Å². The zero-order valence-electron chi connectivity index (χ0n) is 9.77. The van der Waals surface area contributed by atoms with Crippen LogP contribution in [-0.2, 0) is 4.79 Å². The van der Waals surface area contributed by atoms with Crippen molar-refractivity contribution in [3.05, 3.63) is 35.9 Å². The topological polar surface area (TPSA) is 113 Å². The van der Waals surface area contributed by atoms with Gasteiger partial charge >= 0.3 is 12.1 Å². The lowest BCUT2D eigenvalue weighted by Gasteiger charge is -2.15. The van der Waals surface area contributed by atoms with Crippen molar-refractivity contribution in [3.8, 4) is 0 Å². The number of hydrogen-bond acceptors (Lipinski definition) is 3. The molecule has 0 aliphatic heterocycles. The molecule has 5 amide bonds. The molecule has 1 atom stereocenters. The van der Waals surface area contributed by atoms with Gasteiger partial charge < -0.3 is 16.4 Å². The fourth-order valence-corrected chi connectivity index (χ4v) is 1.30. The van der Waals surface area contributed by atoms with Crippen molar-refractivity contribution in [3.63, 3.8) is 0 Å². The molecule has 1 aromatic rings. The fraction of sp³-hybridized carbons (Fsp3) is 0.182. The summed E-state index contributed by atoms with van der Waals surface area (Å²) < 4.78 is 0. The highest BCUT2D eigenvalue weighted by molar-refractivity contribution is 5.95. The van der Waals surface area contributed by atoms with Crippen LogP contribution in [0.1, 0.15) is 11.6 Å². The van der Waals surface area contributed by atoms with Gasteiger partial charge in [0.25, 0.3) is 0 Å². The smallest absolute Gasteiger partial charge is 0.323 e. The zero-order chi connectivity index (χ0) is 13.5. The van der Waals surface area contributed by atoms with Gasteiger partial charge in [0, 0.05) is 7.05 Å². The van der Waals surface area contributed by atoms with Gasteiger partial charge in [0.15, 0.2) is 0 Å². The molecule has 0 heterocycles. The first-order valence-corrected chi connectivity index (χ1v) is 5.18. The average molecular weight is 250 g/mol. The molecule has 0 fully saturated rings. The molecule has 18 heavy (non-hydrogen) atoms. The van der Waals surface area contributed by atoms with Crippen molar-refractivity contribution < 1.29 is 14.4 Å². The minimum absolute atomic E-state index is 0.539. The second-order valence-electron chi connectivity index (χ2n) is 3.42. The number of nitrogens with one attached hydrogen (secondary N) is 3. The summed E-state index contributed by atoms with van der Waals surface area (Å²) >= 11 is 0. The third-order valence-corrected chi connectivity index (χ3v) is 2.15. The maximum absolute atomic E-state index is 11.4. The number of hydrogen-bond donors (Lipinski definition) is 4. The van der Waals surface area contributed by atoms with Crippen LogP contribution in [0.2, 0.25) is 0 Å². The minimum atomic E-state index is -0.990. The van der Waals surface area contributed by atoms with Crippen molar-refractivity contribution in [1.29, 1.82) is 0 Å². The lowest BCUT2D eigenvalue weighted by molar-refractivity contribution is -0.119. The number of carbonyl (C=O) groups excluding carboxylic acids is 3. The first-order chi connectivity index (χ1) is 8.54. The Balaban J connectivity index is 2.74. The maximum atomic E-state index is 11.4. The Bertz CT molecular complexity index is 447. The number of urea groups is 2. The molecular formula is C11H14N4O3. The van der Waals surface area contributed by atoms with Crippen LogP contribution in [0.5, 0.6) is 0 Å². The molecular weight excluding hydrogens is 236 g/mol. The average Bonchev–Trinajstić information content (AvgIpc) is 2.36. The van der Waals surface area contributed by atoms with E-state index in [1.165, 1.54) is 7.05 Å². The van der Waals surface area contributed by atoms with Gasteiger partial charge in [-0.1, -0.05) is 30.3 Å². The Morgan fingerprint density at radius 2 is 1.72 bits per heavy atom. The molecule has 0 aliphatic carbocycles. The van der Waals surface area contributed by atoms with Crippen molar-refractivity contribution in [2.75, 3.05) is 7.05 Å². The SMILES string of the molecule is CNC(=O)NC(=O)NC(C(N)=O)c1ccccc1. The molecule has 7 nitrogen and oxygen atoms in total. The van der Waals surface area contributed by atoms with Crippen LogP contribution in [0.4, 0.5) is 9.59 Å². The van der Waals surface area contributed by atoms with Crippen LogP contribution >= 0.6 is 0 Å². The highest BCUT2D eigenvalue weighted by Gasteiger charge is 2.20. The van der Waals surface area contributed by atoms with Gasteiger partial charge in [0.05, 0.1) is 0 Å². The van der Waals surface area contributed by atoms with E-state index in [0.29, 0.717) is 5.56 Å². The Labute approximate surface area is 104 Å². The Hall–Kier alpha value is -2.57. The molecule has 1 rings (SSSR count). The molecule has 96 valence electrons. The second-order valence-corrected chi connectivity index (χ2v) is 3.42. The quantitative estimate of drug-likeness (QED) is 0.598. The van der Waals surface area contributed by atoms with Crippen LogP contribution in [0.15, 0.2) is 30.3 Å². The molecule has 0 saturated carbocycles. The number of carbonyl (C=O) groups is 3. The van der Waals surface area contributed by atoms with E-state index >= 15 is 0 Å². The lowest BCUT2D eigenvalue weighted by atomic mass is 10.1. The summed E-state index contributed by atoms with van der Waals surface area (Å²) in [6, 6.07) is 6.02.